The molecule has 0 aliphatic carbocycles. The van der Waals surface area contributed by atoms with Crippen LogP contribution in [0.15, 0.2) is 18.2 Å². The number of methoxy groups -OCH3 is 1. The summed E-state index contributed by atoms with van der Waals surface area (Å²) in [5.41, 5.74) is 0.795. The molecule has 1 fully saturated rings. The number of hydrogen-bond acceptors (Lipinski definition) is 3. The van der Waals surface area contributed by atoms with Crippen molar-refractivity contribution >= 4 is 6.03 Å². The summed E-state index contributed by atoms with van der Waals surface area (Å²) in [7, 11) is 1.38. The molecule has 104 valence electrons. The Morgan fingerprint density at radius 2 is 1.95 bits per heavy atom. The van der Waals surface area contributed by atoms with Gasteiger partial charge in [-0.2, -0.15) is 8.78 Å². The van der Waals surface area contributed by atoms with Crippen molar-refractivity contribution in [1.29, 1.82) is 0 Å². The molecule has 1 aromatic carbocycles. The average Bonchev–Trinajstić information content (AvgIpc) is 2.39. The van der Waals surface area contributed by atoms with E-state index >= 15 is 0 Å². The van der Waals surface area contributed by atoms with Crippen LogP contribution >= 0.6 is 0 Å². The first-order valence-corrected chi connectivity index (χ1v) is 5.74. The highest BCUT2D eigenvalue weighted by molar-refractivity contribution is 5.75. The maximum atomic E-state index is 12.3. The molecule has 1 aliphatic heterocycles. The molecule has 1 aromatic rings. The molecule has 2 N–H and O–H groups in total. The molecule has 1 saturated heterocycles. The highest BCUT2D eigenvalue weighted by Gasteiger charge is 2.21. The van der Waals surface area contributed by atoms with Gasteiger partial charge in [-0.25, -0.2) is 4.79 Å². The quantitative estimate of drug-likeness (QED) is 0.877. The van der Waals surface area contributed by atoms with Gasteiger partial charge in [0.2, 0.25) is 0 Å². The average molecular weight is 272 g/mol. The summed E-state index contributed by atoms with van der Waals surface area (Å²) >= 11 is 0. The fraction of sp³-hybridized carbons (Fsp3) is 0.417. The molecule has 0 aromatic heterocycles. The van der Waals surface area contributed by atoms with E-state index in [0.29, 0.717) is 13.1 Å². The first-order chi connectivity index (χ1) is 9.10. The number of rotatable bonds is 4. The lowest BCUT2D eigenvalue weighted by atomic mass is 9.97. The molecule has 19 heavy (non-hydrogen) atoms. The molecule has 0 saturated carbocycles. The molecule has 2 amide bonds. The van der Waals surface area contributed by atoms with Gasteiger partial charge in [-0.15, -0.1) is 0 Å². The lowest BCUT2D eigenvalue weighted by molar-refractivity contribution is -0.0512. The number of benzene rings is 1. The van der Waals surface area contributed by atoms with Crippen LogP contribution in [-0.4, -0.2) is 32.8 Å². The Hall–Kier alpha value is -2.05. The SMILES string of the molecule is COc1ccc(C2CNC(=O)NC2)cc1OC(F)F. The normalized spacial score (nSPS) is 15.9. The predicted molar refractivity (Wildman–Crippen MR) is 63.8 cm³/mol. The smallest absolute Gasteiger partial charge is 0.387 e. The molecule has 0 radical (unpaired) electrons. The monoisotopic (exact) mass is 272 g/mol. The Kier molecular flexibility index (Phi) is 4.03. The number of carbonyl (C=O) groups is 1. The van der Waals surface area contributed by atoms with Crippen molar-refractivity contribution in [2.75, 3.05) is 20.2 Å². The number of urea groups is 1. The van der Waals surface area contributed by atoms with Crippen LogP contribution in [0.1, 0.15) is 11.5 Å². The van der Waals surface area contributed by atoms with Crippen molar-refractivity contribution in [3.8, 4) is 11.5 Å². The summed E-state index contributed by atoms with van der Waals surface area (Å²) in [5, 5.41) is 5.30. The van der Waals surface area contributed by atoms with Crippen molar-refractivity contribution in [1.82, 2.24) is 10.6 Å². The lowest BCUT2D eigenvalue weighted by Crippen LogP contribution is -2.47. The van der Waals surface area contributed by atoms with Gasteiger partial charge in [0, 0.05) is 19.0 Å². The second-order valence-electron chi connectivity index (χ2n) is 4.08. The van der Waals surface area contributed by atoms with Crippen LogP contribution in [0.4, 0.5) is 13.6 Å². The number of alkyl halides is 2. The number of halogens is 2. The summed E-state index contributed by atoms with van der Waals surface area (Å²) in [5.74, 6) is 0.243. The number of ether oxygens (including phenoxy) is 2. The summed E-state index contributed by atoms with van der Waals surface area (Å²) in [4.78, 5) is 11.0. The zero-order valence-electron chi connectivity index (χ0n) is 10.3. The molecular weight excluding hydrogens is 258 g/mol. The van der Waals surface area contributed by atoms with Gasteiger partial charge in [0.25, 0.3) is 0 Å². The molecule has 5 nitrogen and oxygen atoms in total. The van der Waals surface area contributed by atoms with Gasteiger partial charge in [0.15, 0.2) is 11.5 Å². The molecular formula is C12H14F2N2O3. The van der Waals surface area contributed by atoms with Gasteiger partial charge in [-0.05, 0) is 17.7 Å². The van der Waals surface area contributed by atoms with E-state index in [1.165, 1.54) is 13.2 Å². The van der Waals surface area contributed by atoms with Crippen LogP contribution in [0.25, 0.3) is 0 Å². The van der Waals surface area contributed by atoms with Crippen molar-refractivity contribution in [3.63, 3.8) is 0 Å². The minimum Gasteiger partial charge on any atom is -0.493 e. The minimum atomic E-state index is -2.91. The Morgan fingerprint density at radius 1 is 1.26 bits per heavy atom. The molecule has 0 bridgehead atoms. The van der Waals surface area contributed by atoms with Gasteiger partial charge in [0.1, 0.15) is 0 Å². The number of carbonyl (C=O) groups excluding carboxylic acids is 1. The first-order valence-electron chi connectivity index (χ1n) is 5.74. The van der Waals surface area contributed by atoms with E-state index in [4.69, 9.17) is 4.74 Å². The molecule has 0 spiro atoms. The standard InChI is InChI=1S/C12H14F2N2O3/c1-18-9-3-2-7(4-10(9)19-11(13)14)8-5-15-12(17)16-6-8/h2-4,8,11H,5-6H2,1H3,(H2,15,16,17). The maximum absolute atomic E-state index is 12.3. The first kappa shape index (κ1) is 13.4. The lowest BCUT2D eigenvalue weighted by Gasteiger charge is -2.24. The van der Waals surface area contributed by atoms with Crippen LogP contribution in [-0.2, 0) is 0 Å². The third-order valence-electron chi connectivity index (χ3n) is 2.89. The second-order valence-corrected chi connectivity index (χ2v) is 4.08. The van der Waals surface area contributed by atoms with Crippen LogP contribution in [0.2, 0.25) is 0 Å². The Labute approximate surface area is 108 Å². The Morgan fingerprint density at radius 3 is 2.53 bits per heavy atom. The van der Waals surface area contributed by atoms with Crippen molar-refractivity contribution in [2.45, 2.75) is 12.5 Å². The Bertz CT molecular complexity index is 458. The van der Waals surface area contributed by atoms with Crippen molar-refractivity contribution in [3.05, 3.63) is 23.8 Å². The van der Waals surface area contributed by atoms with E-state index in [2.05, 4.69) is 15.4 Å². The van der Waals surface area contributed by atoms with Crippen LogP contribution in [0, 0.1) is 0 Å². The summed E-state index contributed by atoms with van der Waals surface area (Å²) in [6.07, 6.45) is 0. The van der Waals surface area contributed by atoms with E-state index in [-0.39, 0.29) is 23.4 Å². The highest BCUT2D eigenvalue weighted by Crippen LogP contribution is 2.32. The Balaban J connectivity index is 2.19. The minimum absolute atomic E-state index is 0.00336. The van der Waals surface area contributed by atoms with Gasteiger partial charge in [-0.1, -0.05) is 6.07 Å². The van der Waals surface area contributed by atoms with E-state index in [1.807, 2.05) is 0 Å². The van der Waals surface area contributed by atoms with Crippen molar-refractivity contribution < 1.29 is 23.0 Å². The summed E-state index contributed by atoms with van der Waals surface area (Å²) in [6.45, 7) is -2.01. The molecule has 1 heterocycles. The molecule has 2 rings (SSSR count). The number of hydrogen-bond donors (Lipinski definition) is 2. The fourth-order valence-electron chi connectivity index (χ4n) is 1.94. The van der Waals surface area contributed by atoms with Crippen LogP contribution < -0.4 is 20.1 Å². The molecule has 0 unspecified atom stereocenters. The zero-order valence-corrected chi connectivity index (χ0v) is 10.3. The topological polar surface area (TPSA) is 59.6 Å². The largest absolute Gasteiger partial charge is 0.493 e. The predicted octanol–water partition coefficient (Wildman–Crippen LogP) is 1.69. The molecule has 7 heteroatoms. The summed E-state index contributed by atoms with van der Waals surface area (Å²) < 4.78 is 34.0. The van der Waals surface area contributed by atoms with Gasteiger partial charge in [-0.3, -0.25) is 0 Å². The zero-order chi connectivity index (χ0) is 13.8. The number of nitrogens with one attached hydrogen (secondary N) is 2. The molecule has 1 aliphatic rings. The third kappa shape index (κ3) is 3.24. The van der Waals surface area contributed by atoms with Crippen molar-refractivity contribution in [2.24, 2.45) is 0 Å². The van der Waals surface area contributed by atoms with E-state index in [0.717, 1.165) is 5.56 Å². The van der Waals surface area contributed by atoms with Gasteiger partial charge in [0.05, 0.1) is 7.11 Å². The number of amides is 2. The van der Waals surface area contributed by atoms with E-state index in [9.17, 15) is 13.6 Å². The van der Waals surface area contributed by atoms with E-state index < -0.39 is 6.61 Å². The second kappa shape index (κ2) is 5.73. The van der Waals surface area contributed by atoms with E-state index in [1.54, 1.807) is 12.1 Å². The summed E-state index contributed by atoms with van der Waals surface area (Å²) in [6, 6.07) is 4.62. The molecule has 0 atom stereocenters. The third-order valence-corrected chi connectivity index (χ3v) is 2.89. The fourth-order valence-corrected chi connectivity index (χ4v) is 1.94. The maximum Gasteiger partial charge on any atom is 0.387 e. The van der Waals surface area contributed by atoms with Gasteiger partial charge >= 0.3 is 12.6 Å². The van der Waals surface area contributed by atoms with Crippen LogP contribution in [0.3, 0.4) is 0 Å². The van der Waals surface area contributed by atoms with Crippen LogP contribution in [0.5, 0.6) is 11.5 Å². The highest BCUT2D eigenvalue weighted by atomic mass is 19.3. The van der Waals surface area contributed by atoms with Gasteiger partial charge < -0.3 is 20.1 Å².